The van der Waals surface area contributed by atoms with Gasteiger partial charge in [0.1, 0.15) is 5.75 Å². The third kappa shape index (κ3) is 3.15. The number of nitrogens with zero attached hydrogens (tertiary/aromatic N) is 1. The number of methoxy groups -OCH3 is 1. The quantitative estimate of drug-likeness (QED) is 0.811. The second-order valence-electron chi connectivity index (χ2n) is 5.15. The Morgan fingerprint density at radius 2 is 1.80 bits per heavy atom. The summed E-state index contributed by atoms with van der Waals surface area (Å²) < 4.78 is 32.2. The maximum atomic E-state index is 12.7. The van der Waals surface area contributed by atoms with E-state index in [4.69, 9.17) is 4.74 Å². The Hall–Kier alpha value is -1.07. The molecule has 0 radical (unpaired) electrons. The van der Waals surface area contributed by atoms with Crippen LogP contribution in [-0.4, -0.2) is 33.4 Å². The van der Waals surface area contributed by atoms with Crippen molar-refractivity contribution < 1.29 is 13.2 Å². The van der Waals surface area contributed by atoms with Gasteiger partial charge in [-0.25, -0.2) is 12.7 Å². The molecular formula is C15H25NO3S. The van der Waals surface area contributed by atoms with Crippen molar-refractivity contribution in [3.05, 3.63) is 22.8 Å². The maximum Gasteiger partial charge on any atom is 0.243 e. The van der Waals surface area contributed by atoms with Crippen LogP contribution in [0, 0.1) is 20.8 Å². The Balaban J connectivity index is 3.36. The lowest BCUT2D eigenvalue weighted by molar-refractivity contribution is 0.410. The molecule has 0 saturated carbocycles. The van der Waals surface area contributed by atoms with E-state index in [0.717, 1.165) is 35.3 Å². The largest absolute Gasteiger partial charge is 0.496 e. The summed E-state index contributed by atoms with van der Waals surface area (Å²) in [5, 5.41) is 0. The highest BCUT2D eigenvalue weighted by molar-refractivity contribution is 7.89. The minimum Gasteiger partial charge on any atom is -0.496 e. The zero-order chi connectivity index (χ0) is 15.5. The third-order valence-corrected chi connectivity index (χ3v) is 5.84. The van der Waals surface area contributed by atoms with Crippen molar-refractivity contribution >= 4 is 10.0 Å². The predicted molar refractivity (Wildman–Crippen MR) is 81.9 cm³/mol. The summed E-state index contributed by atoms with van der Waals surface area (Å²) >= 11 is 0. The van der Waals surface area contributed by atoms with Gasteiger partial charge in [-0.2, -0.15) is 0 Å². The molecule has 1 rings (SSSR count). The van der Waals surface area contributed by atoms with Crippen LogP contribution in [0.3, 0.4) is 0 Å². The summed E-state index contributed by atoms with van der Waals surface area (Å²) in [5.41, 5.74) is 2.37. The number of unbranched alkanes of at least 4 members (excludes halogenated alkanes) is 1. The van der Waals surface area contributed by atoms with Gasteiger partial charge < -0.3 is 4.74 Å². The molecule has 0 aliphatic rings. The van der Waals surface area contributed by atoms with Crippen molar-refractivity contribution in [3.8, 4) is 5.75 Å². The van der Waals surface area contributed by atoms with E-state index in [2.05, 4.69) is 6.92 Å². The first-order chi connectivity index (χ1) is 9.27. The fourth-order valence-electron chi connectivity index (χ4n) is 2.29. The lowest BCUT2D eigenvalue weighted by Crippen LogP contribution is -2.29. The molecule has 114 valence electrons. The summed E-state index contributed by atoms with van der Waals surface area (Å²) in [5.74, 6) is 0.732. The van der Waals surface area contributed by atoms with E-state index >= 15 is 0 Å². The molecule has 0 atom stereocenters. The van der Waals surface area contributed by atoms with Gasteiger partial charge in [-0.15, -0.1) is 0 Å². The number of ether oxygens (including phenoxy) is 1. The van der Waals surface area contributed by atoms with Crippen LogP contribution in [-0.2, 0) is 10.0 Å². The molecule has 0 bridgehead atoms. The number of hydrogen-bond donors (Lipinski definition) is 0. The average molecular weight is 299 g/mol. The fourth-order valence-corrected chi connectivity index (χ4v) is 3.97. The van der Waals surface area contributed by atoms with E-state index in [1.165, 1.54) is 4.31 Å². The molecule has 0 aliphatic heterocycles. The lowest BCUT2D eigenvalue weighted by atomic mass is 10.1. The predicted octanol–water partition coefficient (Wildman–Crippen LogP) is 3.04. The van der Waals surface area contributed by atoms with Gasteiger partial charge in [0.05, 0.1) is 12.0 Å². The Morgan fingerprint density at radius 1 is 1.20 bits per heavy atom. The van der Waals surface area contributed by atoms with Gasteiger partial charge in [0, 0.05) is 13.6 Å². The van der Waals surface area contributed by atoms with Crippen LogP contribution in [0.4, 0.5) is 0 Å². The van der Waals surface area contributed by atoms with Gasteiger partial charge in [0.25, 0.3) is 0 Å². The number of benzene rings is 1. The van der Waals surface area contributed by atoms with Crippen LogP contribution in [0.2, 0.25) is 0 Å². The highest BCUT2D eigenvalue weighted by atomic mass is 32.2. The molecule has 0 spiro atoms. The molecule has 0 amide bonds. The van der Waals surface area contributed by atoms with Crippen molar-refractivity contribution in [3.63, 3.8) is 0 Å². The van der Waals surface area contributed by atoms with E-state index < -0.39 is 10.0 Å². The molecular weight excluding hydrogens is 274 g/mol. The first-order valence-electron chi connectivity index (χ1n) is 6.88. The Bertz CT molecular complexity index is 579. The molecule has 20 heavy (non-hydrogen) atoms. The fraction of sp³-hybridized carbons (Fsp3) is 0.600. The van der Waals surface area contributed by atoms with E-state index in [9.17, 15) is 8.42 Å². The smallest absolute Gasteiger partial charge is 0.243 e. The van der Waals surface area contributed by atoms with Gasteiger partial charge in [0.15, 0.2) is 0 Å². The molecule has 0 unspecified atom stereocenters. The Labute approximate surface area is 122 Å². The maximum absolute atomic E-state index is 12.7. The van der Waals surface area contributed by atoms with Crippen molar-refractivity contribution in [1.29, 1.82) is 0 Å². The third-order valence-electron chi connectivity index (χ3n) is 3.69. The van der Waals surface area contributed by atoms with Crippen molar-refractivity contribution in [1.82, 2.24) is 4.31 Å². The summed E-state index contributed by atoms with van der Waals surface area (Å²) in [6.45, 7) is 8.14. The molecule has 0 saturated heterocycles. The minimum absolute atomic E-state index is 0.411. The second kappa shape index (κ2) is 6.59. The van der Waals surface area contributed by atoms with Crippen LogP contribution >= 0.6 is 0 Å². The Morgan fingerprint density at radius 3 is 2.30 bits per heavy atom. The van der Waals surface area contributed by atoms with Crippen LogP contribution in [0.5, 0.6) is 5.75 Å². The molecule has 0 aliphatic carbocycles. The summed E-state index contributed by atoms with van der Waals surface area (Å²) in [7, 11) is -0.200. The zero-order valence-electron chi connectivity index (χ0n) is 13.3. The van der Waals surface area contributed by atoms with Crippen molar-refractivity contribution in [2.45, 2.75) is 45.4 Å². The molecule has 0 aromatic heterocycles. The normalized spacial score (nSPS) is 11.9. The minimum atomic E-state index is -3.44. The van der Waals surface area contributed by atoms with Crippen molar-refractivity contribution in [2.24, 2.45) is 0 Å². The topological polar surface area (TPSA) is 46.6 Å². The van der Waals surface area contributed by atoms with Crippen LogP contribution in [0.25, 0.3) is 0 Å². The van der Waals surface area contributed by atoms with Crippen LogP contribution in [0.15, 0.2) is 11.0 Å². The first-order valence-corrected chi connectivity index (χ1v) is 8.32. The van der Waals surface area contributed by atoms with Crippen LogP contribution < -0.4 is 4.74 Å². The molecule has 4 nitrogen and oxygen atoms in total. The monoisotopic (exact) mass is 299 g/mol. The molecule has 1 aromatic rings. The van der Waals surface area contributed by atoms with E-state index in [1.807, 2.05) is 20.8 Å². The van der Waals surface area contributed by atoms with Gasteiger partial charge in [-0.1, -0.05) is 13.3 Å². The highest BCUT2D eigenvalue weighted by Crippen LogP contribution is 2.31. The van der Waals surface area contributed by atoms with Gasteiger partial charge in [-0.3, -0.25) is 0 Å². The number of rotatable bonds is 6. The number of aryl methyl sites for hydroxylation is 1. The van der Waals surface area contributed by atoms with Gasteiger partial charge in [-0.05, 0) is 49.9 Å². The van der Waals surface area contributed by atoms with Gasteiger partial charge >= 0.3 is 0 Å². The number of sulfonamides is 1. The summed E-state index contributed by atoms with van der Waals surface area (Å²) in [4.78, 5) is 0.411. The molecule has 0 fully saturated rings. The Kier molecular flexibility index (Phi) is 5.59. The van der Waals surface area contributed by atoms with Crippen molar-refractivity contribution in [2.75, 3.05) is 20.7 Å². The standard InChI is InChI=1S/C15H25NO3S/c1-7-8-9-16(5)20(17,18)15-11(2)10-14(19-6)12(3)13(15)4/h10H,7-9H2,1-6H3. The number of hydrogen-bond acceptors (Lipinski definition) is 3. The molecule has 0 N–H and O–H groups in total. The zero-order valence-corrected chi connectivity index (χ0v) is 14.1. The van der Waals surface area contributed by atoms with E-state index in [1.54, 1.807) is 20.2 Å². The summed E-state index contributed by atoms with van der Waals surface area (Å²) in [6, 6.07) is 1.79. The second-order valence-corrected chi connectivity index (χ2v) is 7.14. The van der Waals surface area contributed by atoms with Crippen LogP contribution in [0.1, 0.15) is 36.5 Å². The first kappa shape index (κ1) is 17.0. The molecule has 0 heterocycles. The van der Waals surface area contributed by atoms with Gasteiger partial charge in [0.2, 0.25) is 10.0 Å². The summed E-state index contributed by atoms with van der Waals surface area (Å²) in [6.07, 6.45) is 1.84. The van der Waals surface area contributed by atoms with E-state index in [0.29, 0.717) is 11.4 Å². The lowest BCUT2D eigenvalue weighted by Gasteiger charge is -2.21. The molecule has 1 aromatic carbocycles. The average Bonchev–Trinajstić information content (AvgIpc) is 2.39. The highest BCUT2D eigenvalue weighted by Gasteiger charge is 2.26. The van der Waals surface area contributed by atoms with E-state index in [-0.39, 0.29) is 0 Å². The SMILES string of the molecule is CCCCN(C)S(=O)(=O)c1c(C)cc(OC)c(C)c1C. The molecule has 5 heteroatoms.